The second-order valence-electron chi connectivity index (χ2n) is 8.10. The molecule has 140 valence electrons. The quantitative estimate of drug-likeness (QED) is 0.616. The smallest absolute Gasteiger partial charge is 0.276 e. The third kappa shape index (κ3) is 3.10. The summed E-state index contributed by atoms with van der Waals surface area (Å²) in [6, 6.07) is 2.42. The predicted molar refractivity (Wildman–Crippen MR) is 94.5 cm³/mol. The van der Waals surface area contributed by atoms with Gasteiger partial charge in [-0.15, -0.1) is 0 Å². The van der Waals surface area contributed by atoms with Gasteiger partial charge in [0.25, 0.3) is 5.91 Å². The number of amides is 2. The van der Waals surface area contributed by atoms with E-state index < -0.39 is 5.91 Å². The van der Waals surface area contributed by atoms with Gasteiger partial charge in [0.05, 0.1) is 11.3 Å². The maximum atomic E-state index is 11.5. The molecule has 2 N–H and O–H groups in total. The summed E-state index contributed by atoms with van der Waals surface area (Å²) >= 11 is 0. The molecular weight excluding hydrogens is 332 g/mol. The minimum absolute atomic E-state index is 0.200. The molecule has 1 saturated heterocycles. The highest BCUT2D eigenvalue weighted by molar-refractivity contribution is 5.93. The van der Waals surface area contributed by atoms with Gasteiger partial charge in [-0.25, -0.2) is 5.48 Å². The fraction of sp³-hybridized carbons (Fsp3) is 0.632. The molecule has 7 heteroatoms. The van der Waals surface area contributed by atoms with Gasteiger partial charge in [-0.2, -0.15) is 0 Å². The van der Waals surface area contributed by atoms with Crippen molar-refractivity contribution in [2.24, 2.45) is 5.41 Å². The lowest BCUT2D eigenvalue weighted by Gasteiger charge is -2.54. The van der Waals surface area contributed by atoms with E-state index in [9.17, 15) is 9.59 Å². The predicted octanol–water partition coefficient (Wildman–Crippen LogP) is 1.35. The molecule has 0 aromatic carbocycles. The molecule has 7 nitrogen and oxygen atoms in total. The van der Waals surface area contributed by atoms with Crippen LogP contribution in [0.2, 0.25) is 0 Å². The summed E-state index contributed by atoms with van der Waals surface area (Å²) in [4.78, 5) is 31.9. The van der Waals surface area contributed by atoms with Crippen LogP contribution in [0.15, 0.2) is 12.3 Å². The van der Waals surface area contributed by atoms with Gasteiger partial charge in [-0.1, -0.05) is 0 Å². The SMILES string of the molecule is CC(=O)N1CC2(CCC(N3CCc4cc(C(=O)NO)cnc4C3)CC2)C1. The molecule has 3 aliphatic rings. The number of pyridine rings is 1. The zero-order valence-corrected chi connectivity index (χ0v) is 15.2. The van der Waals surface area contributed by atoms with Gasteiger partial charge < -0.3 is 4.90 Å². The molecule has 1 aliphatic carbocycles. The van der Waals surface area contributed by atoms with Gasteiger partial charge in [0.15, 0.2) is 0 Å². The van der Waals surface area contributed by atoms with Crippen molar-refractivity contribution in [2.45, 2.75) is 51.6 Å². The number of hydrogen-bond donors (Lipinski definition) is 2. The average Bonchev–Trinajstić information content (AvgIpc) is 2.64. The molecule has 4 rings (SSSR count). The van der Waals surface area contributed by atoms with E-state index in [0.29, 0.717) is 17.0 Å². The number of nitrogens with zero attached hydrogens (tertiary/aromatic N) is 3. The van der Waals surface area contributed by atoms with Gasteiger partial charge in [-0.05, 0) is 43.7 Å². The number of hydroxylamine groups is 1. The monoisotopic (exact) mass is 358 g/mol. The average molecular weight is 358 g/mol. The molecule has 1 spiro atoms. The molecular formula is C19H26N4O3. The molecule has 26 heavy (non-hydrogen) atoms. The number of aromatic nitrogens is 1. The fourth-order valence-electron chi connectivity index (χ4n) is 4.82. The maximum Gasteiger partial charge on any atom is 0.276 e. The number of carbonyl (C=O) groups excluding carboxylic acids is 2. The van der Waals surface area contributed by atoms with Crippen molar-refractivity contribution in [3.8, 4) is 0 Å². The topological polar surface area (TPSA) is 85.8 Å². The molecule has 2 amide bonds. The van der Waals surface area contributed by atoms with E-state index in [1.807, 2.05) is 11.0 Å². The third-order valence-electron chi connectivity index (χ3n) is 6.47. The van der Waals surface area contributed by atoms with E-state index >= 15 is 0 Å². The molecule has 0 bridgehead atoms. The Morgan fingerprint density at radius 1 is 1.31 bits per heavy atom. The van der Waals surface area contributed by atoms with Crippen LogP contribution in [0.5, 0.6) is 0 Å². The van der Waals surface area contributed by atoms with Crippen LogP contribution >= 0.6 is 0 Å². The van der Waals surface area contributed by atoms with Crippen molar-refractivity contribution in [3.63, 3.8) is 0 Å². The van der Waals surface area contributed by atoms with Crippen molar-refractivity contribution in [2.75, 3.05) is 19.6 Å². The van der Waals surface area contributed by atoms with Crippen LogP contribution in [-0.2, 0) is 17.8 Å². The first kappa shape index (κ1) is 17.4. The Morgan fingerprint density at radius 3 is 2.69 bits per heavy atom. The van der Waals surface area contributed by atoms with Crippen molar-refractivity contribution in [3.05, 3.63) is 29.1 Å². The van der Waals surface area contributed by atoms with Crippen molar-refractivity contribution in [1.82, 2.24) is 20.3 Å². The summed E-state index contributed by atoms with van der Waals surface area (Å²) in [6.07, 6.45) is 7.20. The lowest BCUT2D eigenvalue weighted by Crippen LogP contribution is -2.60. The van der Waals surface area contributed by atoms with E-state index in [-0.39, 0.29) is 5.91 Å². The van der Waals surface area contributed by atoms with Crippen molar-refractivity contribution >= 4 is 11.8 Å². The molecule has 0 atom stereocenters. The molecule has 1 aromatic rings. The Morgan fingerprint density at radius 2 is 2.04 bits per heavy atom. The van der Waals surface area contributed by atoms with E-state index in [4.69, 9.17) is 5.21 Å². The van der Waals surface area contributed by atoms with Crippen LogP contribution in [0.1, 0.15) is 54.2 Å². The Hall–Kier alpha value is -1.99. The van der Waals surface area contributed by atoms with Crippen molar-refractivity contribution in [1.29, 1.82) is 0 Å². The number of hydrogen-bond acceptors (Lipinski definition) is 5. The zero-order chi connectivity index (χ0) is 18.3. The Kier molecular flexibility index (Phi) is 4.44. The van der Waals surface area contributed by atoms with Crippen LogP contribution in [-0.4, -0.2) is 57.5 Å². The standard InChI is InChI=1S/C19H26N4O3/c1-13(24)23-11-19(12-23)5-2-16(3-6-19)22-7-4-14-8-15(18(25)21-26)9-20-17(14)10-22/h8-9,16,26H,2-7,10-12H2,1H3,(H,21,25). The molecule has 0 unspecified atom stereocenters. The first-order valence-corrected chi connectivity index (χ1v) is 9.41. The van der Waals surface area contributed by atoms with Gasteiger partial charge in [0.2, 0.25) is 5.91 Å². The minimum Gasteiger partial charge on any atom is -0.342 e. The Bertz CT molecular complexity index is 719. The van der Waals surface area contributed by atoms with E-state index in [0.717, 1.165) is 43.9 Å². The van der Waals surface area contributed by atoms with Crippen LogP contribution in [0.25, 0.3) is 0 Å². The molecule has 2 aliphatic heterocycles. The molecule has 3 heterocycles. The third-order valence-corrected chi connectivity index (χ3v) is 6.47. The fourth-order valence-corrected chi connectivity index (χ4v) is 4.82. The van der Waals surface area contributed by atoms with Crippen LogP contribution in [0.4, 0.5) is 0 Å². The van der Waals surface area contributed by atoms with Gasteiger partial charge in [0, 0.05) is 50.8 Å². The Labute approximate surface area is 153 Å². The van der Waals surface area contributed by atoms with E-state index in [1.165, 1.54) is 31.9 Å². The highest BCUT2D eigenvalue weighted by Gasteiger charge is 2.46. The van der Waals surface area contributed by atoms with Gasteiger partial charge >= 0.3 is 0 Å². The number of carbonyl (C=O) groups is 2. The van der Waals surface area contributed by atoms with Crippen molar-refractivity contribution < 1.29 is 14.8 Å². The maximum absolute atomic E-state index is 11.5. The number of rotatable bonds is 2. The first-order chi connectivity index (χ1) is 12.5. The second-order valence-corrected chi connectivity index (χ2v) is 8.10. The van der Waals surface area contributed by atoms with Crippen LogP contribution < -0.4 is 5.48 Å². The van der Waals surface area contributed by atoms with Crippen LogP contribution in [0, 0.1) is 5.41 Å². The van der Waals surface area contributed by atoms with E-state index in [1.54, 1.807) is 12.4 Å². The number of fused-ring (bicyclic) bond motifs is 1. The highest BCUT2D eigenvalue weighted by Crippen LogP contribution is 2.45. The summed E-state index contributed by atoms with van der Waals surface area (Å²) in [7, 11) is 0. The summed E-state index contributed by atoms with van der Waals surface area (Å²) in [5, 5.41) is 8.76. The zero-order valence-electron chi connectivity index (χ0n) is 15.2. The summed E-state index contributed by atoms with van der Waals surface area (Å²) in [5.41, 5.74) is 4.58. The van der Waals surface area contributed by atoms with Gasteiger partial charge in [-0.3, -0.25) is 24.7 Å². The molecule has 1 aromatic heterocycles. The highest BCUT2D eigenvalue weighted by atomic mass is 16.5. The first-order valence-electron chi connectivity index (χ1n) is 9.41. The normalized spacial score (nSPS) is 22.6. The molecule has 2 fully saturated rings. The molecule has 1 saturated carbocycles. The lowest BCUT2D eigenvalue weighted by atomic mass is 9.67. The summed E-state index contributed by atoms with van der Waals surface area (Å²) in [6.45, 7) is 5.35. The van der Waals surface area contributed by atoms with Crippen LogP contribution in [0.3, 0.4) is 0 Å². The molecule has 0 radical (unpaired) electrons. The minimum atomic E-state index is -0.514. The summed E-state index contributed by atoms with van der Waals surface area (Å²) in [5.74, 6) is -0.314. The van der Waals surface area contributed by atoms with Gasteiger partial charge in [0.1, 0.15) is 0 Å². The summed E-state index contributed by atoms with van der Waals surface area (Å²) < 4.78 is 0. The number of nitrogens with one attached hydrogen (secondary N) is 1. The lowest BCUT2D eigenvalue weighted by molar-refractivity contribution is -0.144. The largest absolute Gasteiger partial charge is 0.342 e. The second kappa shape index (κ2) is 6.63. The Balaban J connectivity index is 1.35. The van der Waals surface area contributed by atoms with E-state index in [2.05, 4.69) is 9.88 Å². The number of likely N-dealkylation sites (tertiary alicyclic amines) is 1.